The van der Waals surface area contributed by atoms with E-state index in [1.54, 1.807) is 18.3 Å². The van der Waals surface area contributed by atoms with Gasteiger partial charge >= 0.3 is 0 Å². The van der Waals surface area contributed by atoms with Gasteiger partial charge in [-0.25, -0.2) is 4.98 Å². The first kappa shape index (κ1) is 13.8. The summed E-state index contributed by atoms with van der Waals surface area (Å²) in [6.45, 7) is 3.88. The van der Waals surface area contributed by atoms with Gasteiger partial charge in [0.05, 0.1) is 10.6 Å². The summed E-state index contributed by atoms with van der Waals surface area (Å²) in [5.74, 6) is 0. The fraction of sp³-hybridized carbons (Fsp3) is 0.133. The summed E-state index contributed by atoms with van der Waals surface area (Å²) < 4.78 is 2.90. The van der Waals surface area contributed by atoms with E-state index in [2.05, 4.69) is 20.9 Å². The number of fused-ring (bicyclic) bond motifs is 1. The van der Waals surface area contributed by atoms with Crippen LogP contribution in [0.1, 0.15) is 11.1 Å². The topological polar surface area (TPSA) is 61.0 Å². The van der Waals surface area contributed by atoms with Crippen LogP contribution >= 0.6 is 15.9 Å². The number of nitro groups is 1. The van der Waals surface area contributed by atoms with Gasteiger partial charge in [-0.15, -0.1) is 0 Å². The maximum atomic E-state index is 10.8. The summed E-state index contributed by atoms with van der Waals surface area (Å²) in [6.07, 6.45) is 3.75. The van der Waals surface area contributed by atoms with Crippen LogP contribution in [0.3, 0.4) is 0 Å². The number of benzene rings is 1. The molecule has 0 aliphatic heterocycles. The Morgan fingerprint density at radius 3 is 2.67 bits per heavy atom. The van der Waals surface area contributed by atoms with Crippen LogP contribution in [0.2, 0.25) is 0 Å². The second kappa shape index (κ2) is 4.96. The molecule has 0 atom stereocenters. The predicted octanol–water partition coefficient (Wildman–Crippen LogP) is 4.31. The Morgan fingerprint density at radius 2 is 2.00 bits per heavy atom. The van der Waals surface area contributed by atoms with E-state index in [0.717, 1.165) is 32.3 Å². The summed E-state index contributed by atoms with van der Waals surface area (Å²) in [6, 6.07) is 6.88. The van der Waals surface area contributed by atoms with E-state index in [4.69, 9.17) is 0 Å². The van der Waals surface area contributed by atoms with Crippen molar-refractivity contribution in [1.82, 2.24) is 9.55 Å². The Bertz CT molecular complexity index is 871. The minimum atomic E-state index is -0.384. The Hall–Kier alpha value is -2.21. The molecule has 0 N–H and O–H groups in total. The van der Waals surface area contributed by atoms with Crippen molar-refractivity contribution in [3.63, 3.8) is 0 Å². The SMILES string of the molecule is Cc1cc([N+](=O)[O-])ccc1-n1cc(C)c2cc(Br)cnc21. The molecule has 3 aromatic rings. The normalized spacial score (nSPS) is 11.0. The number of rotatable bonds is 2. The van der Waals surface area contributed by atoms with Crippen LogP contribution in [-0.4, -0.2) is 14.5 Å². The number of nitrogens with zero attached hydrogens (tertiary/aromatic N) is 3. The highest BCUT2D eigenvalue weighted by Gasteiger charge is 2.13. The molecule has 2 heterocycles. The minimum Gasteiger partial charge on any atom is -0.301 e. The van der Waals surface area contributed by atoms with Crippen LogP contribution in [0, 0.1) is 24.0 Å². The van der Waals surface area contributed by atoms with Crippen LogP contribution in [0.5, 0.6) is 0 Å². The molecule has 0 bridgehead atoms. The maximum absolute atomic E-state index is 10.8. The van der Waals surface area contributed by atoms with Crippen molar-refractivity contribution in [2.24, 2.45) is 0 Å². The van der Waals surface area contributed by atoms with Gasteiger partial charge in [0.15, 0.2) is 0 Å². The third-order valence-electron chi connectivity index (χ3n) is 3.46. The smallest absolute Gasteiger partial charge is 0.269 e. The largest absolute Gasteiger partial charge is 0.301 e. The first-order chi connectivity index (χ1) is 9.97. The van der Waals surface area contributed by atoms with Crippen LogP contribution in [0.25, 0.3) is 16.7 Å². The van der Waals surface area contributed by atoms with Crippen LogP contribution < -0.4 is 0 Å². The Morgan fingerprint density at radius 1 is 1.24 bits per heavy atom. The number of hydrogen-bond donors (Lipinski definition) is 0. The predicted molar refractivity (Wildman–Crippen MR) is 84.9 cm³/mol. The fourth-order valence-electron chi connectivity index (χ4n) is 2.45. The van der Waals surface area contributed by atoms with Crippen molar-refractivity contribution in [3.05, 3.63) is 62.4 Å². The number of aryl methyl sites for hydroxylation is 2. The number of pyridine rings is 1. The highest BCUT2D eigenvalue weighted by molar-refractivity contribution is 9.10. The van der Waals surface area contributed by atoms with Crippen LogP contribution in [0.4, 0.5) is 5.69 Å². The highest BCUT2D eigenvalue weighted by Crippen LogP contribution is 2.28. The monoisotopic (exact) mass is 345 g/mol. The number of halogens is 1. The lowest BCUT2D eigenvalue weighted by Crippen LogP contribution is -1.98. The lowest BCUT2D eigenvalue weighted by atomic mass is 10.2. The first-order valence-corrected chi connectivity index (χ1v) is 7.15. The summed E-state index contributed by atoms with van der Waals surface area (Å²) in [7, 11) is 0. The van der Waals surface area contributed by atoms with E-state index in [1.165, 1.54) is 6.07 Å². The van der Waals surface area contributed by atoms with E-state index in [0.29, 0.717) is 0 Å². The molecule has 0 fully saturated rings. The molecular weight excluding hydrogens is 334 g/mol. The summed E-state index contributed by atoms with van der Waals surface area (Å²) >= 11 is 3.43. The van der Waals surface area contributed by atoms with Gasteiger partial charge in [0.2, 0.25) is 0 Å². The van der Waals surface area contributed by atoms with E-state index in [9.17, 15) is 10.1 Å². The lowest BCUT2D eigenvalue weighted by Gasteiger charge is -2.08. The van der Waals surface area contributed by atoms with Gasteiger partial charge in [0, 0.05) is 34.4 Å². The average Bonchev–Trinajstić information content (AvgIpc) is 2.75. The van der Waals surface area contributed by atoms with E-state index < -0.39 is 0 Å². The van der Waals surface area contributed by atoms with Crippen molar-refractivity contribution in [3.8, 4) is 5.69 Å². The molecule has 0 saturated heterocycles. The van der Waals surface area contributed by atoms with Crippen molar-refractivity contribution >= 4 is 32.7 Å². The molecule has 0 aliphatic carbocycles. The Labute approximate surface area is 129 Å². The molecule has 0 saturated carbocycles. The zero-order valence-corrected chi connectivity index (χ0v) is 13.1. The molecule has 2 aromatic heterocycles. The van der Waals surface area contributed by atoms with E-state index in [-0.39, 0.29) is 10.6 Å². The molecular formula is C15H12BrN3O2. The summed E-state index contributed by atoms with van der Waals surface area (Å²) in [4.78, 5) is 14.9. The van der Waals surface area contributed by atoms with Crippen LogP contribution in [0.15, 0.2) is 41.1 Å². The number of hydrogen-bond acceptors (Lipinski definition) is 3. The highest BCUT2D eigenvalue weighted by atomic mass is 79.9. The standard InChI is InChI=1S/C15H12BrN3O2/c1-9-5-12(19(20)21)3-4-14(9)18-8-10(2)13-6-11(16)7-17-15(13)18/h3-8H,1-2H3. The molecule has 6 heteroatoms. The maximum Gasteiger partial charge on any atom is 0.269 e. The number of aromatic nitrogens is 2. The second-order valence-corrected chi connectivity index (χ2v) is 5.85. The van der Waals surface area contributed by atoms with Crippen molar-refractivity contribution in [2.75, 3.05) is 0 Å². The Balaban J connectivity index is 2.23. The van der Waals surface area contributed by atoms with Crippen molar-refractivity contribution in [2.45, 2.75) is 13.8 Å². The molecule has 3 rings (SSSR count). The van der Waals surface area contributed by atoms with Gasteiger partial charge in [0.1, 0.15) is 5.65 Å². The van der Waals surface area contributed by atoms with E-state index >= 15 is 0 Å². The molecule has 0 spiro atoms. The third-order valence-corrected chi connectivity index (χ3v) is 3.89. The lowest BCUT2D eigenvalue weighted by molar-refractivity contribution is -0.384. The molecule has 106 valence electrons. The number of non-ortho nitro benzene ring substituents is 1. The first-order valence-electron chi connectivity index (χ1n) is 6.36. The van der Waals surface area contributed by atoms with Gasteiger partial charge in [-0.2, -0.15) is 0 Å². The molecule has 0 radical (unpaired) electrons. The molecule has 5 nitrogen and oxygen atoms in total. The van der Waals surface area contributed by atoms with Gasteiger partial charge in [-0.3, -0.25) is 10.1 Å². The zero-order chi connectivity index (χ0) is 15.1. The van der Waals surface area contributed by atoms with Gasteiger partial charge < -0.3 is 4.57 Å². The Kier molecular flexibility index (Phi) is 3.25. The molecule has 1 aromatic carbocycles. The summed E-state index contributed by atoms with van der Waals surface area (Å²) in [5, 5.41) is 11.9. The summed E-state index contributed by atoms with van der Waals surface area (Å²) in [5.41, 5.74) is 3.78. The second-order valence-electron chi connectivity index (χ2n) is 4.93. The average molecular weight is 346 g/mol. The minimum absolute atomic E-state index is 0.0973. The van der Waals surface area contributed by atoms with Gasteiger partial charge in [0.25, 0.3) is 5.69 Å². The number of nitro benzene ring substituents is 1. The van der Waals surface area contributed by atoms with Gasteiger partial charge in [-0.05, 0) is 53.0 Å². The molecule has 21 heavy (non-hydrogen) atoms. The fourth-order valence-corrected chi connectivity index (χ4v) is 2.78. The molecule has 0 amide bonds. The quantitative estimate of drug-likeness (QED) is 0.513. The molecule has 0 aliphatic rings. The zero-order valence-electron chi connectivity index (χ0n) is 11.5. The van der Waals surface area contributed by atoms with E-state index in [1.807, 2.05) is 30.7 Å². The molecule has 0 unspecified atom stereocenters. The van der Waals surface area contributed by atoms with Crippen molar-refractivity contribution < 1.29 is 4.92 Å². The van der Waals surface area contributed by atoms with Crippen LogP contribution in [-0.2, 0) is 0 Å². The van der Waals surface area contributed by atoms with Crippen molar-refractivity contribution in [1.29, 1.82) is 0 Å². The third kappa shape index (κ3) is 2.31. The van der Waals surface area contributed by atoms with Gasteiger partial charge in [-0.1, -0.05) is 0 Å².